The maximum Gasteiger partial charge on any atom is 0.410 e. The maximum absolute atomic E-state index is 12.6. The smallest absolute Gasteiger partial charge is 0.410 e. The Hall–Kier alpha value is -2.04. The number of benzene rings is 1. The normalized spacial score (nSPS) is 12.5. The second-order valence-electron chi connectivity index (χ2n) is 6.63. The average Bonchev–Trinajstić information content (AvgIpc) is 2.43. The summed E-state index contributed by atoms with van der Waals surface area (Å²) in [6.45, 7) is 7.73. The molecule has 0 spiro atoms. The number of carbonyl (C=O) groups is 2. The Kier molecular flexibility index (Phi) is 7.07. The van der Waals surface area contributed by atoms with Crippen LogP contribution < -0.4 is 0 Å². The van der Waals surface area contributed by atoms with Crippen LogP contribution in [0.15, 0.2) is 30.3 Å². The SMILES string of the molecule is CCCC(CC(=O)O)N(Cc1ccccc1)C(=O)OC(C)(C)C. The quantitative estimate of drug-likeness (QED) is 0.822. The molecule has 1 aromatic rings. The highest BCUT2D eigenvalue weighted by Gasteiger charge is 2.29. The van der Waals surface area contributed by atoms with Crippen molar-refractivity contribution < 1.29 is 19.4 Å². The van der Waals surface area contributed by atoms with Crippen molar-refractivity contribution in [2.75, 3.05) is 0 Å². The van der Waals surface area contributed by atoms with Gasteiger partial charge in [-0.05, 0) is 32.8 Å². The number of ether oxygens (including phenoxy) is 1. The highest BCUT2D eigenvalue weighted by atomic mass is 16.6. The third-order valence-corrected chi connectivity index (χ3v) is 3.30. The summed E-state index contributed by atoms with van der Waals surface area (Å²) in [6, 6.07) is 9.15. The Morgan fingerprint density at radius 3 is 2.30 bits per heavy atom. The molecule has 1 aromatic carbocycles. The van der Waals surface area contributed by atoms with Crippen molar-refractivity contribution in [3.05, 3.63) is 35.9 Å². The number of carboxylic acid groups (broad SMARTS) is 1. The van der Waals surface area contributed by atoms with Gasteiger partial charge in [-0.15, -0.1) is 0 Å². The number of carbonyl (C=O) groups excluding carboxylic acids is 1. The number of hydrogen-bond donors (Lipinski definition) is 1. The number of carboxylic acids is 1. The summed E-state index contributed by atoms with van der Waals surface area (Å²) < 4.78 is 5.48. The molecule has 0 bridgehead atoms. The second-order valence-corrected chi connectivity index (χ2v) is 6.63. The highest BCUT2D eigenvalue weighted by molar-refractivity contribution is 5.72. The Bertz CT molecular complexity index is 508. The first-order chi connectivity index (χ1) is 10.7. The van der Waals surface area contributed by atoms with Crippen molar-refractivity contribution in [3.8, 4) is 0 Å². The van der Waals surface area contributed by atoms with Gasteiger partial charge >= 0.3 is 12.1 Å². The lowest BCUT2D eigenvalue weighted by molar-refractivity contribution is -0.138. The first-order valence-corrected chi connectivity index (χ1v) is 7.98. The molecule has 0 heterocycles. The molecule has 0 saturated carbocycles. The summed E-state index contributed by atoms with van der Waals surface area (Å²) in [6.07, 6.45) is 0.866. The monoisotopic (exact) mass is 321 g/mol. The predicted octanol–water partition coefficient (Wildman–Crippen LogP) is 4.07. The first kappa shape index (κ1) is 19.0. The molecule has 0 radical (unpaired) electrons. The van der Waals surface area contributed by atoms with E-state index in [9.17, 15) is 9.59 Å². The molecule has 1 amide bonds. The predicted molar refractivity (Wildman–Crippen MR) is 89.2 cm³/mol. The summed E-state index contributed by atoms with van der Waals surface area (Å²) in [4.78, 5) is 25.3. The van der Waals surface area contributed by atoms with Crippen molar-refractivity contribution in [1.29, 1.82) is 0 Å². The summed E-state index contributed by atoms with van der Waals surface area (Å²) in [5, 5.41) is 9.16. The van der Waals surface area contributed by atoms with Crippen LogP contribution in [0.2, 0.25) is 0 Å². The first-order valence-electron chi connectivity index (χ1n) is 7.98. The van der Waals surface area contributed by atoms with Gasteiger partial charge in [-0.2, -0.15) is 0 Å². The summed E-state index contributed by atoms with van der Waals surface area (Å²) in [5.74, 6) is -0.912. The maximum atomic E-state index is 12.6. The van der Waals surface area contributed by atoms with E-state index < -0.39 is 17.7 Å². The number of rotatable bonds is 7. The van der Waals surface area contributed by atoms with Crippen LogP contribution in [-0.4, -0.2) is 33.7 Å². The van der Waals surface area contributed by atoms with Crippen molar-refractivity contribution in [2.45, 2.75) is 65.1 Å². The topological polar surface area (TPSA) is 66.8 Å². The Morgan fingerprint density at radius 2 is 1.83 bits per heavy atom. The summed E-state index contributed by atoms with van der Waals surface area (Å²) in [5.41, 5.74) is 0.330. The van der Waals surface area contributed by atoms with Crippen LogP contribution in [-0.2, 0) is 16.1 Å². The van der Waals surface area contributed by atoms with Crippen LogP contribution in [0.1, 0.15) is 52.5 Å². The number of aliphatic carboxylic acids is 1. The van der Waals surface area contributed by atoms with E-state index in [1.807, 2.05) is 37.3 Å². The standard InChI is InChI=1S/C18H27NO4/c1-5-9-15(12-16(20)21)19(17(22)23-18(2,3)4)13-14-10-7-6-8-11-14/h6-8,10-11,15H,5,9,12-13H2,1-4H3,(H,20,21). The van der Waals surface area contributed by atoms with Gasteiger partial charge in [0.05, 0.1) is 6.42 Å². The van der Waals surface area contributed by atoms with Gasteiger partial charge in [0, 0.05) is 12.6 Å². The summed E-state index contributed by atoms with van der Waals surface area (Å²) >= 11 is 0. The fraction of sp³-hybridized carbons (Fsp3) is 0.556. The van der Waals surface area contributed by atoms with Crippen LogP contribution >= 0.6 is 0 Å². The van der Waals surface area contributed by atoms with E-state index in [0.29, 0.717) is 13.0 Å². The van der Waals surface area contributed by atoms with Gasteiger partial charge in [-0.3, -0.25) is 4.79 Å². The van der Waals surface area contributed by atoms with Crippen LogP contribution in [0.4, 0.5) is 4.79 Å². The molecule has 0 aliphatic rings. The molecule has 5 heteroatoms. The second kappa shape index (κ2) is 8.56. The average molecular weight is 321 g/mol. The molecule has 0 fully saturated rings. The Morgan fingerprint density at radius 1 is 1.22 bits per heavy atom. The van der Waals surface area contributed by atoms with Crippen LogP contribution in [0.3, 0.4) is 0 Å². The van der Waals surface area contributed by atoms with Crippen LogP contribution in [0, 0.1) is 0 Å². The van der Waals surface area contributed by atoms with E-state index in [2.05, 4.69) is 0 Å². The molecule has 1 rings (SSSR count). The zero-order valence-electron chi connectivity index (χ0n) is 14.4. The summed E-state index contributed by atoms with van der Waals surface area (Å²) in [7, 11) is 0. The molecule has 128 valence electrons. The fourth-order valence-corrected chi connectivity index (χ4v) is 2.35. The molecule has 0 aliphatic carbocycles. The van der Waals surface area contributed by atoms with Gasteiger partial charge < -0.3 is 14.7 Å². The van der Waals surface area contributed by atoms with E-state index in [0.717, 1.165) is 12.0 Å². The lowest BCUT2D eigenvalue weighted by Crippen LogP contribution is -2.43. The number of nitrogens with zero attached hydrogens (tertiary/aromatic N) is 1. The zero-order chi connectivity index (χ0) is 17.5. The fourth-order valence-electron chi connectivity index (χ4n) is 2.35. The van der Waals surface area contributed by atoms with E-state index in [1.54, 1.807) is 20.8 Å². The third kappa shape index (κ3) is 7.17. The lowest BCUT2D eigenvalue weighted by atomic mass is 10.1. The molecule has 1 unspecified atom stereocenters. The lowest BCUT2D eigenvalue weighted by Gasteiger charge is -2.33. The van der Waals surface area contributed by atoms with Crippen molar-refractivity contribution in [2.24, 2.45) is 0 Å². The van der Waals surface area contributed by atoms with Crippen LogP contribution in [0.5, 0.6) is 0 Å². The Labute approximate surface area is 138 Å². The van der Waals surface area contributed by atoms with Gasteiger partial charge in [0.25, 0.3) is 0 Å². The van der Waals surface area contributed by atoms with Crippen molar-refractivity contribution >= 4 is 12.1 Å². The minimum Gasteiger partial charge on any atom is -0.481 e. The molecule has 1 atom stereocenters. The number of hydrogen-bond acceptors (Lipinski definition) is 3. The van der Waals surface area contributed by atoms with E-state index >= 15 is 0 Å². The van der Waals surface area contributed by atoms with E-state index in [1.165, 1.54) is 4.90 Å². The van der Waals surface area contributed by atoms with Gasteiger partial charge in [0.1, 0.15) is 5.60 Å². The molecule has 0 aliphatic heterocycles. The number of amides is 1. The van der Waals surface area contributed by atoms with Gasteiger partial charge in [0.15, 0.2) is 0 Å². The van der Waals surface area contributed by atoms with Crippen molar-refractivity contribution in [1.82, 2.24) is 4.90 Å². The van der Waals surface area contributed by atoms with Gasteiger partial charge in [-0.25, -0.2) is 4.79 Å². The van der Waals surface area contributed by atoms with E-state index in [-0.39, 0.29) is 12.5 Å². The molecule has 0 aromatic heterocycles. The minimum absolute atomic E-state index is 0.0834. The van der Waals surface area contributed by atoms with Gasteiger partial charge in [-0.1, -0.05) is 43.7 Å². The molecule has 23 heavy (non-hydrogen) atoms. The zero-order valence-corrected chi connectivity index (χ0v) is 14.4. The molecule has 5 nitrogen and oxygen atoms in total. The third-order valence-electron chi connectivity index (χ3n) is 3.30. The van der Waals surface area contributed by atoms with Gasteiger partial charge in [0.2, 0.25) is 0 Å². The molecule has 1 N–H and O–H groups in total. The molecular weight excluding hydrogens is 294 g/mol. The van der Waals surface area contributed by atoms with E-state index in [4.69, 9.17) is 9.84 Å². The van der Waals surface area contributed by atoms with Crippen LogP contribution in [0.25, 0.3) is 0 Å². The van der Waals surface area contributed by atoms with Crippen molar-refractivity contribution in [3.63, 3.8) is 0 Å². The largest absolute Gasteiger partial charge is 0.481 e. The Balaban J connectivity index is 3.01. The molecule has 0 saturated heterocycles. The minimum atomic E-state index is -0.912. The highest BCUT2D eigenvalue weighted by Crippen LogP contribution is 2.19. The molecular formula is C18H27NO4.